The number of para-hydroxylation sites is 1. The molecule has 29 heavy (non-hydrogen) atoms. The Labute approximate surface area is 180 Å². The fraction of sp³-hybridized carbons (Fsp3) is 0.455. The van der Waals surface area contributed by atoms with Crippen molar-refractivity contribution in [3.63, 3.8) is 0 Å². The van der Waals surface area contributed by atoms with Crippen molar-refractivity contribution in [2.24, 2.45) is 0 Å². The van der Waals surface area contributed by atoms with Gasteiger partial charge in [-0.2, -0.15) is 0 Å². The molecular formula is C22H27N3O2S2. The zero-order valence-electron chi connectivity index (χ0n) is 16.4. The number of aliphatic hydroxyl groups is 1. The van der Waals surface area contributed by atoms with Crippen molar-refractivity contribution >= 4 is 23.1 Å². The highest BCUT2D eigenvalue weighted by Gasteiger charge is 2.24. The highest BCUT2D eigenvalue weighted by molar-refractivity contribution is 7.99. The maximum Gasteiger partial charge on any atom is 0.191 e. The normalized spacial score (nSPS) is 16.0. The lowest BCUT2D eigenvalue weighted by molar-refractivity contribution is 0.126. The molecule has 0 aliphatic heterocycles. The second kappa shape index (κ2) is 10.3. The summed E-state index contributed by atoms with van der Waals surface area (Å²) in [5, 5.41) is 22.4. The minimum absolute atomic E-state index is 0.274. The van der Waals surface area contributed by atoms with Gasteiger partial charge in [-0.1, -0.05) is 55.3 Å². The zero-order valence-corrected chi connectivity index (χ0v) is 18.1. The largest absolute Gasteiger partial charge is 0.491 e. The molecule has 1 saturated carbocycles. The van der Waals surface area contributed by atoms with Crippen LogP contribution in [0.1, 0.15) is 48.8 Å². The summed E-state index contributed by atoms with van der Waals surface area (Å²) in [7, 11) is 0. The van der Waals surface area contributed by atoms with Crippen molar-refractivity contribution < 1.29 is 9.84 Å². The lowest BCUT2D eigenvalue weighted by atomic mass is 9.95. The molecular weight excluding hydrogens is 402 g/mol. The van der Waals surface area contributed by atoms with Gasteiger partial charge >= 0.3 is 0 Å². The van der Waals surface area contributed by atoms with E-state index in [0.717, 1.165) is 23.2 Å². The molecule has 1 fully saturated rings. The zero-order chi connectivity index (χ0) is 19.9. The fourth-order valence-corrected chi connectivity index (χ4v) is 5.36. The molecule has 1 aromatic carbocycles. The Morgan fingerprint density at radius 1 is 1.10 bits per heavy atom. The fourth-order valence-electron chi connectivity index (χ4n) is 3.73. The quantitative estimate of drug-likeness (QED) is 0.487. The van der Waals surface area contributed by atoms with Crippen LogP contribution in [0.5, 0.6) is 5.75 Å². The monoisotopic (exact) mass is 429 g/mol. The van der Waals surface area contributed by atoms with Gasteiger partial charge in [0.05, 0.1) is 6.10 Å². The first kappa shape index (κ1) is 20.4. The van der Waals surface area contributed by atoms with Gasteiger partial charge in [0.15, 0.2) is 5.16 Å². The molecule has 154 valence electrons. The van der Waals surface area contributed by atoms with E-state index in [1.165, 1.54) is 37.0 Å². The predicted molar refractivity (Wildman–Crippen MR) is 118 cm³/mol. The van der Waals surface area contributed by atoms with Crippen molar-refractivity contribution in [1.82, 2.24) is 14.8 Å². The van der Waals surface area contributed by atoms with Crippen molar-refractivity contribution in [3.05, 3.63) is 58.5 Å². The molecule has 1 N–H and O–H groups in total. The van der Waals surface area contributed by atoms with Crippen LogP contribution in [-0.2, 0) is 6.42 Å². The summed E-state index contributed by atoms with van der Waals surface area (Å²) < 4.78 is 8.01. The van der Waals surface area contributed by atoms with Gasteiger partial charge in [-0.25, -0.2) is 0 Å². The number of aliphatic hydroxyl groups excluding tert-OH is 1. The molecule has 1 atom stereocenters. The Morgan fingerprint density at radius 2 is 1.93 bits per heavy atom. The average molecular weight is 430 g/mol. The first-order chi connectivity index (χ1) is 14.3. The molecule has 1 aliphatic rings. The molecule has 1 unspecified atom stereocenters. The molecule has 2 heterocycles. The number of hydrogen-bond acceptors (Lipinski definition) is 6. The molecule has 1 aliphatic carbocycles. The highest BCUT2D eigenvalue weighted by atomic mass is 32.2. The van der Waals surface area contributed by atoms with Gasteiger partial charge in [0.25, 0.3) is 0 Å². The van der Waals surface area contributed by atoms with Crippen molar-refractivity contribution in [1.29, 1.82) is 0 Å². The van der Waals surface area contributed by atoms with Gasteiger partial charge in [-0.15, -0.1) is 21.5 Å². The number of hydrogen-bond donors (Lipinski definition) is 1. The van der Waals surface area contributed by atoms with Crippen LogP contribution < -0.4 is 4.74 Å². The predicted octanol–water partition coefficient (Wildman–Crippen LogP) is 4.97. The maximum absolute atomic E-state index is 10.4. The molecule has 2 aromatic heterocycles. The summed E-state index contributed by atoms with van der Waals surface area (Å²) in [4.78, 5) is 1.31. The van der Waals surface area contributed by atoms with Crippen LogP contribution in [-0.4, -0.2) is 38.3 Å². The van der Waals surface area contributed by atoms with Crippen molar-refractivity contribution in [2.75, 3.05) is 12.4 Å². The van der Waals surface area contributed by atoms with E-state index in [2.05, 4.69) is 32.3 Å². The second-order valence-electron chi connectivity index (χ2n) is 7.41. The van der Waals surface area contributed by atoms with Crippen LogP contribution in [0.2, 0.25) is 0 Å². The summed E-state index contributed by atoms with van der Waals surface area (Å²) >= 11 is 3.34. The number of rotatable bonds is 9. The highest BCUT2D eigenvalue weighted by Crippen LogP contribution is 2.33. The van der Waals surface area contributed by atoms with Gasteiger partial charge in [-0.3, -0.25) is 0 Å². The smallest absolute Gasteiger partial charge is 0.191 e. The lowest BCUT2D eigenvalue weighted by Gasteiger charge is -2.25. The van der Waals surface area contributed by atoms with Gasteiger partial charge in [-0.05, 0) is 36.4 Å². The van der Waals surface area contributed by atoms with E-state index in [1.54, 1.807) is 23.1 Å². The second-order valence-corrected chi connectivity index (χ2v) is 9.43. The number of aromatic nitrogens is 3. The summed E-state index contributed by atoms with van der Waals surface area (Å²) in [5.74, 6) is 2.36. The molecule has 0 saturated heterocycles. The van der Waals surface area contributed by atoms with Gasteiger partial charge in [0.2, 0.25) is 0 Å². The molecule has 7 heteroatoms. The first-order valence-electron chi connectivity index (χ1n) is 10.2. The summed E-state index contributed by atoms with van der Waals surface area (Å²) in [6.45, 7) is 0.274. The Kier molecular flexibility index (Phi) is 7.24. The number of thioether (sulfide) groups is 1. The molecule has 3 aromatic rings. The number of nitrogens with zero attached hydrogens (tertiary/aromatic N) is 3. The van der Waals surface area contributed by atoms with Crippen molar-refractivity contribution in [2.45, 2.75) is 55.8 Å². The molecule has 5 nitrogen and oxygen atoms in total. The topological polar surface area (TPSA) is 60.2 Å². The third-order valence-electron chi connectivity index (χ3n) is 5.18. The summed E-state index contributed by atoms with van der Waals surface area (Å²) in [6.07, 6.45) is 6.47. The van der Waals surface area contributed by atoms with E-state index in [4.69, 9.17) is 4.74 Å². The lowest BCUT2D eigenvalue weighted by Crippen LogP contribution is -2.21. The summed E-state index contributed by atoms with van der Waals surface area (Å²) in [6, 6.07) is 14.3. The van der Waals surface area contributed by atoms with Crippen molar-refractivity contribution in [3.8, 4) is 5.75 Å². The minimum Gasteiger partial charge on any atom is -0.491 e. The third-order valence-corrected chi connectivity index (χ3v) is 7.14. The Balaban J connectivity index is 1.41. The first-order valence-corrected chi connectivity index (χ1v) is 12.1. The Morgan fingerprint density at radius 3 is 2.69 bits per heavy atom. The Hall–Kier alpha value is -1.83. The van der Waals surface area contributed by atoms with Crippen LogP contribution in [0.3, 0.4) is 0 Å². The standard InChI is InChI=1S/C22H27N3O2S2/c26-18(15-27-19-10-5-2-6-11-19)16-29-22-24-23-21(14-20-12-7-13-28-20)25(22)17-8-3-1-4-9-17/h2,5-7,10-13,17-18,26H,1,3-4,8-9,14-16H2. The van der Waals surface area contributed by atoms with Gasteiger partial charge < -0.3 is 14.4 Å². The van der Waals surface area contributed by atoms with E-state index in [-0.39, 0.29) is 6.61 Å². The third kappa shape index (κ3) is 5.62. The van der Waals surface area contributed by atoms with Crippen LogP contribution in [0.25, 0.3) is 0 Å². The van der Waals surface area contributed by atoms with E-state index in [1.807, 2.05) is 30.3 Å². The van der Waals surface area contributed by atoms with E-state index in [0.29, 0.717) is 11.8 Å². The summed E-state index contributed by atoms with van der Waals surface area (Å²) in [5.41, 5.74) is 0. The molecule has 4 rings (SSSR count). The average Bonchev–Trinajstić information content (AvgIpc) is 3.42. The molecule has 0 radical (unpaired) electrons. The van der Waals surface area contributed by atoms with Crippen LogP contribution in [0.15, 0.2) is 53.0 Å². The number of ether oxygens (including phenoxy) is 1. The number of thiophene rings is 1. The number of benzene rings is 1. The van der Waals surface area contributed by atoms with Crippen LogP contribution >= 0.6 is 23.1 Å². The SMILES string of the molecule is OC(COc1ccccc1)CSc1nnc(Cc2cccs2)n1C1CCCCC1. The van der Waals surface area contributed by atoms with Crippen LogP contribution in [0.4, 0.5) is 0 Å². The van der Waals surface area contributed by atoms with Crippen LogP contribution in [0, 0.1) is 0 Å². The van der Waals surface area contributed by atoms with E-state index in [9.17, 15) is 5.11 Å². The van der Waals surface area contributed by atoms with E-state index >= 15 is 0 Å². The Bertz CT molecular complexity index is 862. The maximum atomic E-state index is 10.4. The molecule has 0 spiro atoms. The molecule has 0 amide bonds. The minimum atomic E-state index is -0.558. The van der Waals surface area contributed by atoms with E-state index < -0.39 is 6.10 Å². The van der Waals surface area contributed by atoms with Gasteiger partial charge in [0, 0.05) is 23.1 Å². The molecule has 0 bridgehead atoms. The van der Waals surface area contributed by atoms with Gasteiger partial charge in [0.1, 0.15) is 18.2 Å².